The Morgan fingerprint density at radius 2 is 1.89 bits per heavy atom. The van der Waals surface area contributed by atoms with E-state index < -0.39 is 12.0 Å². The van der Waals surface area contributed by atoms with Gasteiger partial charge in [-0.15, -0.1) is 0 Å². The van der Waals surface area contributed by atoms with Crippen LogP contribution in [-0.4, -0.2) is 66.1 Å². The third kappa shape index (κ3) is 4.51. The molecule has 0 N–H and O–H groups in total. The quantitative estimate of drug-likeness (QED) is 0.505. The number of fused-ring (bicyclic) bond motifs is 2. The van der Waals surface area contributed by atoms with Crippen molar-refractivity contribution in [2.45, 2.75) is 44.8 Å². The first-order chi connectivity index (χ1) is 17.5. The molecule has 0 unspecified atom stereocenters. The smallest absolute Gasteiger partial charge is 0.328 e. The maximum Gasteiger partial charge on any atom is 0.328 e. The second-order valence-corrected chi connectivity index (χ2v) is 9.33. The van der Waals surface area contributed by atoms with E-state index in [1.54, 1.807) is 9.47 Å². The maximum absolute atomic E-state index is 13.9. The first-order valence-electron chi connectivity index (χ1n) is 12.4. The normalized spacial score (nSPS) is 18.5. The van der Waals surface area contributed by atoms with Gasteiger partial charge in [0, 0.05) is 49.7 Å². The summed E-state index contributed by atoms with van der Waals surface area (Å²) in [5, 5.41) is 1.06. The molecule has 1 amide bonds. The van der Waals surface area contributed by atoms with E-state index in [9.17, 15) is 14.4 Å². The average Bonchev–Trinajstić information content (AvgIpc) is 3.20. The van der Waals surface area contributed by atoms with Crippen LogP contribution in [-0.2, 0) is 29.0 Å². The van der Waals surface area contributed by atoms with Crippen LogP contribution in [0.5, 0.6) is 5.75 Å². The standard InChI is InChI=1S/C27H31N3O6/c1-34-23-16-24(31)29-14-13-28(17-19-15-18-7-3-4-9-22(18)36-19)12-10-20(29)25(23)26(32)30-11-6-5-8-21(30)27(33)35-2/h3-4,7,9,15-16,21H,5-6,8,10-14,17H2,1-2H3/t21-/m1/s1. The van der Waals surface area contributed by atoms with Crippen LogP contribution in [0.15, 0.2) is 45.6 Å². The minimum atomic E-state index is -0.635. The van der Waals surface area contributed by atoms with Crippen molar-refractivity contribution < 1.29 is 23.5 Å². The van der Waals surface area contributed by atoms with E-state index in [1.807, 2.05) is 30.3 Å². The highest BCUT2D eigenvalue weighted by molar-refractivity contribution is 6.00. The number of methoxy groups -OCH3 is 2. The highest BCUT2D eigenvalue weighted by Gasteiger charge is 2.36. The Bertz CT molecular complexity index is 1310. The highest BCUT2D eigenvalue weighted by atomic mass is 16.5. The third-order valence-electron chi connectivity index (χ3n) is 7.21. The Balaban J connectivity index is 1.44. The highest BCUT2D eigenvalue weighted by Crippen LogP contribution is 2.29. The van der Waals surface area contributed by atoms with Crippen molar-refractivity contribution in [1.29, 1.82) is 0 Å². The molecule has 1 fully saturated rings. The van der Waals surface area contributed by atoms with Crippen molar-refractivity contribution in [3.05, 3.63) is 63.8 Å². The van der Waals surface area contributed by atoms with Crippen LogP contribution < -0.4 is 10.3 Å². The van der Waals surface area contributed by atoms with Crippen LogP contribution in [0.2, 0.25) is 0 Å². The summed E-state index contributed by atoms with van der Waals surface area (Å²) in [6.07, 6.45) is 2.71. The lowest BCUT2D eigenvalue weighted by atomic mass is 9.99. The summed E-state index contributed by atoms with van der Waals surface area (Å²) >= 11 is 0. The second-order valence-electron chi connectivity index (χ2n) is 9.33. The number of aromatic nitrogens is 1. The number of esters is 1. The predicted molar refractivity (Wildman–Crippen MR) is 133 cm³/mol. The average molecular weight is 494 g/mol. The number of nitrogens with zero attached hydrogens (tertiary/aromatic N) is 3. The molecule has 9 heteroatoms. The lowest BCUT2D eigenvalue weighted by molar-refractivity contribution is -0.147. The first kappa shape index (κ1) is 24.1. The summed E-state index contributed by atoms with van der Waals surface area (Å²) in [4.78, 5) is 43.1. The van der Waals surface area contributed by atoms with Gasteiger partial charge in [-0.1, -0.05) is 18.2 Å². The maximum atomic E-state index is 13.9. The van der Waals surface area contributed by atoms with Gasteiger partial charge in [0.25, 0.3) is 11.5 Å². The number of likely N-dealkylation sites (tertiary alicyclic amines) is 1. The van der Waals surface area contributed by atoms with Crippen LogP contribution in [0.4, 0.5) is 0 Å². The van der Waals surface area contributed by atoms with Crippen LogP contribution in [0, 0.1) is 0 Å². The van der Waals surface area contributed by atoms with Crippen LogP contribution >= 0.6 is 0 Å². The number of hydrogen-bond donors (Lipinski definition) is 0. The number of benzene rings is 1. The van der Waals surface area contributed by atoms with Crippen molar-refractivity contribution in [3.63, 3.8) is 0 Å². The Morgan fingerprint density at radius 1 is 1.06 bits per heavy atom. The van der Waals surface area contributed by atoms with E-state index in [1.165, 1.54) is 20.3 Å². The number of carbonyl (C=O) groups is 2. The summed E-state index contributed by atoms with van der Waals surface area (Å²) in [5.74, 6) is 0.392. The van der Waals surface area contributed by atoms with Crippen molar-refractivity contribution >= 4 is 22.8 Å². The SMILES string of the molecule is COC(=O)[C@H]1CCCCN1C(=O)c1c(OC)cc(=O)n2c1CCN(Cc1cc3ccccc3o1)CC2. The molecule has 5 rings (SSSR count). The van der Waals surface area contributed by atoms with Crippen molar-refractivity contribution in [3.8, 4) is 5.75 Å². The van der Waals surface area contributed by atoms with Gasteiger partial charge in [0.2, 0.25) is 0 Å². The largest absolute Gasteiger partial charge is 0.496 e. The molecule has 0 bridgehead atoms. The van der Waals surface area contributed by atoms with Gasteiger partial charge in [-0.2, -0.15) is 0 Å². The summed E-state index contributed by atoms with van der Waals surface area (Å²) in [7, 11) is 2.80. The van der Waals surface area contributed by atoms with Gasteiger partial charge in [-0.05, 0) is 31.4 Å². The number of ether oxygens (including phenoxy) is 2. The number of para-hydroxylation sites is 1. The second kappa shape index (κ2) is 10.2. The fraction of sp³-hybridized carbons (Fsp3) is 0.444. The van der Waals surface area contributed by atoms with Crippen LogP contribution in [0.25, 0.3) is 11.0 Å². The van der Waals surface area contributed by atoms with Crippen molar-refractivity contribution in [2.75, 3.05) is 33.9 Å². The number of piperidine rings is 1. The molecule has 0 radical (unpaired) electrons. The molecule has 0 saturated carbocycles. The number of hydrogen-bond acceptors (Lipinski definition) is 7. The number of rotatable bonds is 5. The Hall–Kier alpha value is -3.59. The summed E-state index contributed by atoms with van der Waals surface area (Å²) in [6.45, 7) is 2.79. The number of carbonyl (C=O) groups excluding carboxylic acids is 2. The van der Waals surface area contributed by atoms with Gasteiger partial charge in [0.05, 0.1) is 20.8 Å². The molecule has 0 spiro atoms. The van der Waals surface area contributed by atoms with Crippen LogP contribution in [0.1, 0.15) is 41.1 Å². The van der Waals surface area contributed by atoms with Crippen molar-refractivity contribution in [1.82, 2.24) is 14.4 Å². The van der Waals surface area contributed by atoms with E-state index in [0.29, 0.717) is 56.8 Å². The van der Waals surface area contributed by atoms with E-state index in [-0.39, 0.29) is 17.2 Å². The van der Waals surface area contributed by atoms with E-state index in [0.717, 1.165) is 29.6 Å². The van der Waals surface area contributed by atoms with Crippen molar-refractivity contribution in [2.24, 2.45) is 0 Å². The van der Waals surface area contributed by atoms with Gasteiger partial charge in [-0.25, -0.2) is 4.79 Å². The molecule has 0 aliphatic carbocycles. The summed E-state index contributed by atoms with van der Waals surface area (Å²) in [5.41, 5.74) is 1.65. The van der Waals surface area contributed by atoms with Gasteiger partial charge in [0.1, 0.15) is 28.7 Å². The molecule has 2 aliphatic heterocycles. The molecule has 1 atom stereocenters. The number of pyridine rings is 1. The van der Waals surface area contributed by atoms with Gasteiger partial charge in [0.15, 0.2) is 0 Å². The zero-order valence-corrected chi connectivity index (χ0v) is 20.7. The van der Waals surface area contributed by atoms with E-state index in [4.69, 9.17) is 13.9 Å². The molecule has 1 saturated heterocycles. The zero-order chi connectivity index (χ0) is 25.2. The molecule has 3 aromatic rings. The lowest BCUT2D eigenvalue weighted by Gasteiger charge is -2.34. The minimum Gasteiger partial charge on any atom is -0.496 e. The molecule has 4 heterocycles. The zero-order valence-electron chi connectivity index (χ0n) is 20.7. The molecule has 36 heavy (non-hydrogen) atoms. The fourth-order valence-electron chi connectivity index (χ4n) is 5.38. The summed E-state index contributed by atoms with van der Waals surface area (Å²) in [6, 6.07) is 10.7. The molecule has 2 aromatic heterocycles. The van der Waals surface area contributed by atoms with Crippen LogP contribution in [0.3, 0.4) is 0 Å². The lowest BCUT2D eigenvalue weighted by Crippen LogP contribution is -2.49. The van der Waals surface area contributed by atoms with E-state index in [2.05, 4.69) is 4.90 Å². The molecule has 9 nitrogen and oxygen atoms in total. The molecule has 190 valence electrons. The number of furan rings is 1. The topological polar surface area (TPSA) is 94.2 Å². The monoisotopic (exact) mass is 493 g/mol. The fourth-order valence-corrected chi connectivity index (χ4v) is 5.38. The molecule has 2 aliphatic rings. The predicted octanol–water partition coefficient (Wildman–Crippen LogP) is 2.83. The van der Waals surface area contributed by atoms with Gasteiger partial charge in [-0.3, -0.25) is 14.5 Å². The Morgan fingerprint density at radius 3 is 2.67 bits per heavy atom. The summed E-state index contributed by atoms with van der Waals surface area (Å²) < 4.78 is 18.2. The van der Waals surface area contributed by atoms with Gasteiger partial charge >= 0.3 is 5.97 Å². The van der Waals surface area contributed by atoms with Gasteiger partial charge < -0.3 is 23.4 Å². The molecule has 1 aromatic carbocycles. The van der Waals surface area contributed by atoms with E-state index >= 15 is 0 Å². The third-order valence-corrected chi connectivity index (χ3v) is 7.21. The molecular formula is C27H31N3O6. The first-order valence-corrected chi connectivity index (χ1v) is 12.4. The Labute approximate surface area is 209 Å². The minimum absolute atomic E-state index is 0.202. The Kier molecular flexibility index (Phi) is 6.82. The molecular weight excluding hydrogens is 462 g/mol. The number of amides is 1.